The highest BCUT2D eigenvalue weighted by Gasteiger charge is 2.27. The van der Waals surface area contributed by atoms with Gasteiger partial charge in [0.15, 0.2) is 5.11 Å². The number of thiophene rings is 1. The molecule has 0 unspecified atom stereocenters. The van der Waals surface area contributed by atoms with E-state index in [1.165, 1.54) is 11.3 Å². The minimum atomic E-state index is -0.480. The van der Waals surface area contributed by atoms with Gasteiger partial charge in [0.25, 0.3) is 11.8 Å². The van der Waals surface area contributed by atoms with Crippen LogP contribution in [0.1, 0.15) is 44.5 Å². The zero-order valence-corrected chi connectivity index (χ0v) is 16.5. The summed E-state index contributed by atoms with van der Waals surface area (Å²) in [6, 6.07) is 6.49. The predicted octanol–water partition coefficient (Wildman–Crippen LogP) is 3.75. The zero-order chi connectivity index (χ0) is 18.8. The molecule has 0 spiro atoms. The molecule has 0 bridgehead atoms. The Bertz CT molecular complexity index is 877. The van der Waals surface area contributed by atoms with E-state index in [1.54, 1.807) is 24.3 Å². The molecule has 0 fully saturated rings. The molecule has 1 aromatic heterocycles. The summed E-state index contributed by atoms with van der Waals surface area (Å²) in [6.45, 7) is 2.19. The average molecular weight is 408 g/mol. The van der Waals surface area contributed by atoms with Crippen LogP contribution in [0.4, 0.5) is 5.00 Å². The van der Waals surface area contributed by atoms with E-state index < -0.39 is 5.91 Å². The van der Waals surface area contributed by atoms with Gasteiger partial charge in [0.05, 0.1) is 5.56 Å². The van der Waals surface area contributed by atoms with Gasteiger partial charge in [-0.05, 0) is 67.2 Å². The number of nitrogens with two attached hydrogens (primary N) is 1. The van der Waals surface area contributed by atoms with Crippen LogP contribution in [0.5, 0.6) is 0 Å². The number of hydrogen-bond acceptors (Lipinski definition) is 4. The van der Waals surface area contributed by atoms with E-state index in [4.69, 9.17) is 29.6 Å². The minimum Gasteiger partial charge on any atom is -0.365 e. The monoisotopic (exact) mass is 407 g/mol. The minimum absolute atomic E-state index is 0.124. The molecule has 2 amide bonds. The first-order valence-electron chi connectivity index (χ1n) is 8.17. The highest BCUT2D eigenvalue weighted by atomic mass is 35.5. The SMILES string of the molecule is C[C@@H]1CCc2c(sc(NC(=S)NC(=O)c3ccc(Cl)cc3)c2C(N)=O)C1. The van der Waals surface area contributed by atoms with E-state index >= 15 is 0 Å². The topological polar surface area (TPSA) is 84.2 Å². The van der Waals surface area contributed by atoms with Crippen LogP contribution >= 0.6 is 35.2 Å². The zero-order valence-electron chi connectivity index (χ0n) is 14.1. The lowest BCUT2D eigenvalue weighted by atomic mass is 9.88. The van der Waals surface area contributed by atoms with Gasteiger partial charge in [-0.3, -0.25) is 14.9 Å². The summed E-state index contributed by atoms with van der Waals surface area (Å²) in [7, 11) is 0. The first-order chi connectivity index (χ1) is 12.3. The molecule has 1 aliphatic carbocycles. The molecule has 0 aliphatic heterocycles. The van der Waals surface area contributed by atoms with Crippen molar-refractivity contribution in [1.29, 1.82) is 0 Å². The van der Waals surface area contributed by atoms with Gasteiger partial charge in [0.2, 0.25) is 0 Å². The molecule has 0 saturated heterocycles. The molecule has 4 N–H and O–H groups in total. The van der Waals surface area contributed by atoms with E-state index in [1.807, 2.05) is 0 Å². The lowest BCUT2D eigenvalue weighted by Crippen LogP contribution is -2.34. The van der Waals surface area contributed by atoms with E-state index in [0.717, 1.165) is 29.7 Å². The van der Waals surface area contributed by atoms with Crippen molar-refractivity contribution in [3.8, 4) is 0 Å². The number of amides is 2. The first-order valence-corrected chi connectivity index (χ1v) is 9.77. The Labute approximate surface area is 165 Å². The first kappa shape index (κ1) is 18.8. The average Bonchev–Trinajstić information content (AvgIpc) is 2.91. The molecule has 1 aromatic carbocycles. The number of carbonyl (C=O) groups is 2. The van der Waals surface area contributed by atoms with Crippen LogP contribution in [0, 0.1) is 5.92 Å². The molecule has 0 saturated carbocycles. The number of anilines is 1. The molecule has 5 nitrogen and oxygen atoms in total. The van der Waals surface area contributed by atoms with Crippen LogP contribution in [-0.4, -0.2) is 16.9 Å². The maximum absolute atomic E-state index is 12.2. The maximum Gasteiger partial charge on any atom is 0.257 e. The highest BCUT2D eigenvalue weighted by Crippen LogP contribution is 2.39. The Kier molecular flexibility index (Phi) is 5.60. The van der Waals surface area contributed by atoms with E-state index in [2.05, 4.69) is 17.6 Å². The predicted molar refractivity (Wildman–Crippen MR) is 109 cm³/mol. The van der Waals surface area contributed by atoms with E-state index in [0.29, 0.717) is 27.1 Å². The summed E-state index contributed by atoms with van der Waals surface area (Å²) in [5, 5.41) is 6.85. The van der Waals surface area contributed by atoms with Crippen LogP contribution in [0.3, 0.4) is 0 Å². The third kappa shape index (κ3) is 4.06. The maximum atomic E-state index is 12.2. The number of nitrogens with one attached hydrogen (secondary N) is 2. The summed E-state index contributed by atoms with van der Waals surface area (Å²) in [5.41, 5.74) is 7.52. The number of halogens is 1. The molecule has 8 heteroatoms. The fourth-order valence-corrected chi connectivity index (χ4v) is 4.82. The fraction of sp³-hybridized carbons (Fsp3) is 0.278. The molecule has 1 atom stereocenters. The smallest absolute Gasteiger partial charge is 0.257 e. The summed E-state index contributed by atoms with van der Waals surface area (Å²) in [4.78, 5) is 25.3. The Hall–Kier alpha value is -1.96. The normalized spacial score (nSPS) is 15.8. The number of hydrogen-bond donors (Lipinski definition) is 3. The quantitative estimate of drug-likeness (QED) is 0.676. The molecule has 1 aliphatic rings. The van der Waals surface area contributed by atoms with Crippen molar-refractivity contribution >= 4 is 57.1 Å². The third-order valence-electron chi connectivity index (χ3n) is 4.32. The van der Waals surface area contributed by atoms with Crippen LogP contribution in [-0.2, 0) is 12.8 Å². The number of fused-ring (bicyclic) bond motifs is 1. The van der Waals surface area contributed by atoms with E-state index in [9.17, 15) is 9.59 Å². The number of benzene rings is 1. The molecule has 2 aromatic rings. The van der Waals surface area contributed by atoms with Gasteiger partial charge in [0, 0.05) is 15.5 Å². The van der Waals surface area contributed by atoms with E-state index in [-0.39, 0.29) is 11.0 Å². The number of thiocarbonyl (C=S) groups is 1. The van der Waals surface area contributed by atoms with Crippen molar-refractivity contribution in [1.82, 2.24) is 5.32 Å². The molecule has 136 valence electrons. The second kappa shape index (κ2) is 7.73. The Morgan fingerprint density at radius 3 is 2.65 bits per heavy atom. The summed E-state index contributed by atoms with van der Waals surface area (Å²) < 4.78 is 0. The van der Waals surface area contributed by atoms with Crippen molar-refractivity contribution in [2.75, 3.05) is 5.32 Å². The Morgan fingerprint density at radius 1 is 1.31 bits per heavy atom. The number of primary amides is 1. The third-order valence-corrected chi connectivity index (χ3v) is 5.94. The molecular formula is C18H18ClN3O2S2. The summed E-state index contributed by atoms with van der Waals surface area (Å²) in [6.07, 6.45) is 2.78. The van der Waals surface area contributed by atoms with Gasteiger partial charge >= 0.3 is 0 Å². The largest absolute Gasteiger partial charge is 0.365 e. The van der Waals surface area contributed by atoms with Crippen LogP contribution in [0.2, 0.25) is 5.02 Å². The van der Waals surface area contributed by atoms with Gasteiger partial charge < -0.3 is 11.1 Å². The van der Waals surface area contributed by atoms with Crippen molar-refractivity contribution in [2.24, 2.45) is 11.7 Å². The fourth-order valence-electron chi connectivity index (χ4n) is 3.01. The molecule has 1 heterocycles. The standard InChI is InChI=1S/C18H18ClN3O2S2/c1-9-2-7-12-13(8-9)26-17(14(12)15(20)23)22-18(25)21-16(24)10-3-5-11(19)6-4-10/h3-6,9H,2,7-8H2,1H3,(H2,20,23)(H2,21,22,24,25)/t9-/m1/s1. The highest BCUT2D eigenvalue weighted by molar-refractivity contribution is 7.80. The molecular weight excluding hydrogens is 390 g/mol. The van der Waals surface area contributed by atoms with Gasteiger partial charge in [-0.15, -0.1) is 11.3 Å². The van der Waals surface area contributed by atoms with Crippen molar-refractivity contribution in [3.05, 3.63) is 50.9 Å². The van der Waals surface area contributed by atoms with Crippen molar-refractivity contribution < 1.29 is 9.59 Å². The van der Waals surface area contributed by atoms with Crippen LogP contribution < -0.4 is 16.4 Å². The second-order valence-corrected chi connectivity index (χ2v) is 8.29. The number of carbonyl (C=O) groups excluding carboxylic acids is 2. The lowest BCUT2D eigenvalue weighted by molar-refractivity contribution is 0.0975. The van der Waals surface area contributed by atoms with Gasteiger partial charge in [-0.2, -0.15) is 0 Å². The van der Waals surface area contributed by atoms with Crippen LogP contribution in [0.25, 0.3) is 0 Å². The van der Waals surface area contributed by atoms with Crippen molar-refractivity contribution in [3.63, 3.8) is 0 Å². The van der Waals surface area contributed by atoms with Crippen molar-refractivity contribution in [2.45, 2.75) is 26.2 Å². The van der Waals surface area contributed by atoms with Gasteiger partial charge in [-0.1, -0.05) is 18.5 Å². The molecule has 26 heavy (non-hydrogen) atoms. The molecule has 3 rings (SSSR count). The Balaban J connectivity index is 1.76. The number of rotatable bonds is 3. The van der Waals surface area contributed by atoms with Crippen LogP contribution in [0.15, 0.2) is 24.3 Å². The second-order valence-electron chi connectivity index (χ2n) is 6.34. The Morgan fingerprint density at radius 2 is 2.00 bits per heavy atom. The van der Waals surface area contributed by atoms with Gasteiger partial charge in [-0.25, -0.2) is 0 Å². The molecule has 0 radical (unpaired) electrons. The summed E-state index contributed by atoms with van der Waals surface area (Å²) in [5.74, 6) is -0.257. The van der Waals surface area contributed by atoms with Gasteiger partial charge in [0.1, 0.15) is 5.00 Å². The lowest BCUT2D eigenvalue weighted by Gasteiger charge is -2.18. The summed E-state index contributed by atoms with van der Waals surface area (Å²) >= 11 is 12.5.